The lowest BCUT2D eigenvalue weighted by molar-refractivity contribution is -0.131. The summed E-state index contributed by atoms with van der Waals surface area (Å²) in [5, 5.41) is 18.4. The van der Waals surface area contributed by atoms with Crippen molar-refractivity contribution in [2.45, 2.75) is 12.2 Å². The summed E-state index contributed by atoms with van der Waals surface area (Å²) in [6, 6.07) is 0. The van der Waals surface area contributed by atoms with Gasteiger partial charge in [-0.3, -0.25) is 4.79 Å². The molecular formula is C8H16N2O3. The Balaban J connectivity index is 2.42. The average molecular weight is 188 g/mol. The lowest BCUT2D eigenvalue weighted by Crippen LogP contribution is -2.36. The number of carbonyl (C=O) groups is 1. The molecule has 0 spiro atoms. The number of amides is 1. The van der Waals surface area contributed by atoms with Crippen molar-refractivity contribution in [1.29, 1.82) is 0 Å². The summed E-state index contributed by atoms with van der Waals surface area (Å²) < 4.78 is 0. The van der Waals surface area contributed by atoms with Gasteiger partial charge in [-0.1, -0.05) is 0 Å². The second-order valence-corrected chi connectivity index (χ2v) is 3.67. The summed E-state index contributed by atoms with van der Waals surface area (Å²) >= 11 is 0. The van der Waals surface area contributed by atoms with E-state index < -0.39 is 12.2 Å². The Labute approximate surface area is 77.6 Å². The van der Waals surface area contributed by atoms with Gasteiger partial charge in [0.2, 0.25) is 5.91 Å². The maximum Gasteiger partial charge on any atom is 0.236 e. The quantitative estimate of drug-likeness (QED) is 0.532. The Morgan fingerprint density at radius 2 is 1.85 bits per heavy atom. The lowest BCUT2D eigenvalue weighted by atomic mass is 10.3. The highest BCUT2D eigenvalue weighted by atomic mass is 16.3. The number of hydrogen-bond acceptors (Lipinski definition) is 4. The number of aliphatic hydroxyl groups is 2. The maximum absolute atomic E-state index is 11.4. The van der Waals surface area contributed by atoms with E-state index in [4.69, 9.17) is 0 Å². The van der Waals surface area contributed by atoms with Crippen LogP contribution in [-0.2, 0) is 4.79 Å². The van der Waals surface area contributed by atoms with E-state index in [-0.39, 0.29) is 19.0 Å². The van der Waals surface area contributed by atoms with Crippen LogP contribution in [0.25, 0.3) is 0 Å². The third-order valence-corrected chi connectivity index (χ3v) is 2.06. The van der Waals surface area contributed by atoms with Crippen molar-refractivity contribution < 1.29 is 15.0 Å². The van der Waals surface area contributed by atoms with Gasteiger partial charge in [-0.15, -0.1) is 0 Å². The van der Waals surface area contributed by atoms with Gasteiger partial charge in [-0.05, 0) is 14.1 Å². The van der Waals surface area contributed by atoms with E-state index in [9.17, 15) is 15.0 Å². The third kappa shape index (κ3) is 2.65. The van der Waals surface area contributed by atoms with Gasteiger partial charge < -0.3 is 20.0 Å². The van der Waals surface area contributed by atoms with Crippen LogP contribution in [0.1, 0.15) is 0 Å². The van der Waals surface area contributed by atoms with Crippen LogP contribution < -0.4 is 0 Å². The number of likely N-dealkylation sites (N-methyl/N-ethyl adjacent to an activating group) is 1. The van der Waals surface area contributed by atoms with Gasteiger partial charge in [0.25, 0.3) is 0 Å². The second kappa shape index (κ2) is 4.04. The van der Waals surface area contributed by atoms with Crippen LogP contribution in [0.5, 0.6) is 0 Å². The number of hydrogen-bond donors (Lipinski definition) is 2. The predicted octanol–water partition coefficient (Wildman–Crippen LogP) is -1.89. The second-order valence-electron chi connectivity index (χ2n) is 3.67. The smallest absolute Gasteiger partial charge is 0.236 e. The number of nitrogens with zero attached hydrogens (tertiary/aromatic N) is 2. The largest absolute Gasteiger partial charge is 0.388 e. The molecule has 5 nitrogen and oxygen atoms in total. The zero-order valence-corrected chi connectivity index (χ0v) is 7.97. The molecule has 1 heterocycles. The molecule has 0 saturated carbocycles. The Morgan fingerprint density at radius 3 is 2.23 bits per heavy atom. The van der Waals surface area contributed by atoms with E-state index in [1.54, 1.807) is 19.0 Å². The zero-order valence-electron chi connectivity index (χ0n) is 7.97. The molecule has 0 aromatic heterocycles. The van der Waals surface area contributed by atoms with E-state index >= 15 is 0 Å². The van der Waals surface area contributed by atoms with E-state index in [1.165, 1.54) is 4.90 Å². The molecule has 1 amide bonds. The Kier molecular flexibility index (Phi) is 3.24. The van der Waals surface area contributed by atoms with Crippen LogP contribution >= 0.6 is 0 Å². The van der Waals surface area contributed by atoms with Crippen LogP contribution in [0.15, 0.2) is 0 Å². The Hall–Kier alpha value is -0.650. The summed E-state index contributed by atoms with van der Waals surface area (Å²) in [5.41, 5.74) is 0. The fourth-order valence-electron chi connectivity index (χ4n) is 1.34. The summed E-state index contributed by atoms with van der Waals surface area (Å²) in [6.45, 7) is 0.807. The fraction of sp³-hybridized carbons (Fsp3) is 0.875. The SMILES string of the molecule is CN(C)CC(=O)N1CC(O)C(O)C1. The number of likely N-dealkylation sites (tertiary alicyclic amines) is 1. The van der Waals surface area contributed by atoms with Crippen LogP contribution in [-0.4, -0.2) is 71.9 Å². The van der Waals surface area contributed by atoms with E-state index in [1.807, 2.05) is 0 Å². The molecule has 1 aliphatic heterocycles. The first-order chi connectivity index (χ1) is 6.00. The summed E-state index contributed by atoms with van der Waals surface area (Å²) in [4.78, 5) is 14.7. The Morgan fingerprint density at radius 1 is 1.38 bits per heavy atom. The first-order valence-corrected chi connectivity index (χ1v) is 4.29. The highest BCUT2D eigenvalue weighted by molar-refractivity contribution is 5.78. The van der Waals surface area contributed by atoms with E-state index in [0.717, 1.165) is 0 Å². The van der Waals surface area contributed by atoms with Crippen LogP contribution in [0, 0.1) is 0 Å². The molecule has 5 heteroatoms. The van der Waals surface area contributed by atoms with Crippen LogP contribution in [0.3, 0.4) is 0 Å². The standard InChI is InChI=1S/C8H16N2O3/c1-9(2)5-8(13)10-3-6(11)7(12)4-10/h6-7,11-12H,3-5H2,1-2H3. The molecule has 2 atom stereocenters. The molecule has 13 heavy (non-hydrogen) atoms. The molecule has 0 radical (unpaired) electrons. The van der Waals surface area contributed by atoms with Crippen molar-refractivity contribution in [3.63, 3.8) is 0 Å². The topological polar surface area (TPSA) is 64.0 Å². The average Bonchev–Trinajstić information content (AvgIpc) is 2.31. The number of rotatable bonds is 2. The molecule has 0 aromatic carbocycles. The van der Waals surface area contributed by atoms with Gasteiger partial charge in [-0.25, -0.2) is 0 Å². The lowest BCUT2D eigenvalue weighted by Gasteiger charge is -2.17. The maximum atomic E-state index is 11.4. The first kappa shape index (κ1) is 10.4. The number of carbonyl (C=O) groups excluding carboxylic acids is 1. The van der Waals surface area contributed by atoms with Crippen LogP contribution in [0.4, 0.5) is 0 Å². The normalized spacial score (nSPS) is 28.5. The number of β-amino-alcohol motifs (C(OH)–C–C–N with tert-alkyl or cyclic N) is 2. The van der Waals surface area contributed by atoms with Gasteiger partial charge >= 0.3 is 0 Å². The molecule has 0 aromatic rings. The minimum atomic E-state index is -0.786. The fourth-order valence-corrected chi connectivity index (χ4v) is 1.34. The zero-order chi connectivity index (χ0) is 10.0. The van der Waals surface area contributed by atoms with Crippen molar-refractivity contribution in [3.05, 3.63) is 0 Å². The summed E-state index contributed by atoms with van der Waals surface area (Å²) in [7, 11) is 3.61. The monoisotopic (exact) mass is 188 g/mol. The molecule has 1 aliphatic rings. The minimum Gasteiger partial charge on any atom is -0.388 e. The molecule has 1 fully saturated rings. The highest BCUT2D eigenvalue weighted by Crippen LogP contribution is 2.09. The van der Waals surface area contributed by atoms with Crippen molar-refractivity contribution in [2.75, 3.05) is 33.7 Å². The molecular weight excluding hydrogens is 172 g/mol. The highest BCUT2D eigenvalue weighted by Gasteiger charge is 2.32. The minimum absolute atomic E-state index is 0.0550. The molecule has 0 aliphatic carbocycles. The van der Waals surface area contributed by atoms with Gasteiger partial charge in [0, 0.05) is 13.1 Å². The molecule has 1 rings (SSSR count). The molecule has 1 saturated heterocycles. The van der Waals surface area contributed by atoms with Crippen molar-refractivity contribution in [1.82, 2.24) is 9.80 Å². The van der Waals surface area contributed by atoms with Crippen molar-refractivity contribution >= 4 is 5.91 Å². The summed E-state index contributed by atoms with van der Waals surface area (Å²) in [5.74, 6) is -0.0550. The van der Waals surface area contributed by atoms with Crippen LogP contribution in [0.2, 0.25) is 0 Å². The molecule has 76 valence electrons. The molecule has 2 N–H and O–H groups in total. The van der Waals surface area contributed by atoms with Crippen molar-refractivity contribution in [3.8, 4) is 0 Å². The Bertz CT molecular complexity index is 186. The predicted molar refractivity (Wildman–Crippen MR) is 47.1 cm³/mol. The van der Waals surface area contributed by atoms with Gasteiger partial charge in [0.1, 0.15) is 0 Å². The molecule has 2 unspecified atom stereocenters. The van der Waals surface area contributed by atoms with Gasteiger partial charge in [0.05, 0.1) is 18.8 Å². The third-order valence-electron chi connectivity index (χ3n) is 2.06. The van der Waals surface area contributed by atoms with Crippen molar-refractivity contribution in [2.24, 2.45) is 0 Å². The summed E-state index contributed by atoms with van der Waals surface area (Å²) in [6.07, 6.45) is -1.57. The molecule has 0 bridgehead atoms. The van der Waals surface area contributed by atoms with E-state index in [0.29, 0.717) is 6.54 Å². The number of aliphatic hydroxyl groups excluding tert-OH is 2. The van der Waals surface area contributed by atoms with Gasteiger partial charge in [-0.2, -0.15) is 0 Å². The van der Waals surface area contributed by atoms with E-state index in [2.05, 4.69) is 0 Å². The van der Waals surface area contributed by atoms with Gasteiger partial charge in [0.15, 0.2) is 0 Å². The first-order valence-electron chi connectivity index (χ1n) is 4.29.